The molecule has 0 bridgehead atoms. The van der Waals surface area contributed by atoms with Crippen LogP contribution in [-0.2, 0) is 4.74 Å². The first-order chi connectivity index (χ1) is 11.7. The number of nitrogens with one attached hydrogen (secondary N) is 2. The van der Waals surface area contributed by atoms with Crippen LogP contribution in [0, 0.1) is 19.8 Å². The largest absolute Gasteiger partial charge is 0.491 e. The Labute approximate surface area is 169 Å². The highest BCUT2D eigenvalue weighted by Crippen LogP contribution is 2.28. The highest BCUT2D eigenvalue weighted by atomic mass is 127. The van der Waals surface area contributed by atoms with Crippen LogP contribution in [0.3, 0.4) is 0 Å². The topological polar surface area (TPSA) is 54.9 Å². The summed E-state index contributed by atoms with van der Waals surface area (Å²) in [6, 6.07) is 6.19. The van der Waals surface area contributed by atoms with Crippen molar-refractivity contribution in [2.45, 2.75) is 33.1 Å². The van der Waals surface area contributed by atoms with Gasteiger partial charge in [0.2, 0.25) is 0 Å². The van der Waals surface area contributed by atoms with E-state index in [0.717, 1.165) is 43.8 Å². The second-order valence-electron chi connectivity index (χ2n) is 6.37. The Bertz CT molecular complexity index is 513. The molecule has 0 radical (unpaired) electrons. The van der Waals surface area contributed by atoms with Crippen LogP contribution in [-0.4, -0.2) is 45.9 Å². The third kappa shape index (κ3) is 8.76. The van der Waals surface area contributed by atoms with E-state index < -0.39 is 0 Å². The van der Waals surface area contributed by atoms with Crippen molar-refractivity contribution in [3.8, 4) is 5.75 Å². The number of aryl methyl sites for hydroxylation is 2. The van der Waals surface area contributed by atoms with E-state index in [1.54, 1.807) is 7.05 Å². The minimum Gasteiger partial charge on any atom is -0.491 e. The smallest absolute Gasteiger partial charge is 0.191 e. The zero-order chi connectivity index (χ0) is 17.2. The highest BCUT2D eigenvalue weighted by molar-refractivity contribution is 14.0. The van der Waals surface area contributed by atoms with Crippen LogP contribution in [0.5, 0.6) is 5.75 Å². The summed E-state index contributed by atoms with van der Waals surface area (Å²) in [5.74, 6) is 2.63. The van der Waals surface area contributed by atoms with Crippen molar-refractivity contribution in [2.24, 2.45) is 10.9 Å². The van der Waals surface area contributed by atoms with Gasteiger partial charge in [-0.3, -0.25) is 4.99 Å². The van der Waals surface area contributed by atoms with Crippen molar-refractivity contribution in [1.29, 1.82) is 0 Å². The molecule has 1 aromatic carbocycles. The third-order valence-corrected chi connectivity index (χ3v) is 4.08. The molecule has 6 heteroatoms. The normalized spacial score (nSPS) is 14.0. The number of rotatable bonds is 10. The summed E-state index contributed by atoms with van der Waals surface area (Å²) in [4.78, 5) is 4.22. The predicted octanol–water partition coefficient (Wildman–Crippen LogP) is 3.28. The molecule has 5 nitrogen and oxygen atoms in total. The maximum Gasteiger partial charge on any atom is 0.191 e. The number of nitrogens with zero attached hydrogens (tertiary/aromatic N) is 1. The maximum atomic E-state index is 5.88. The fraction of sp³-hybridized carbons (Fsp3) is 0.632. The fourth-order valence-electron chi connectivity index (χ4n) is 2.49. The minimum absolute atomic E-state index is 0. The lowest BCUT2D eigenvalue weighted by Crippen LogP contribution is -2.40. The first kappa shape index (κ1) is 22.0. The summed E-state index contributed by atoms with van der Waals surface area (Å²) >= 11 is 0. The highest BCUT2D eigenvalue weighted by Gasteiger charge is 2.20. The Kier molecular flexibility index (Phi) is 10.9. The SMILES string of the molecule is CN=C(NCCCOCC1CC1)NCCOc1c(C)cccc1C.I. The van der Waals surface area contributed by atoms with Crippen molar-refractivity contribution >= 4 is 29.9 Å². The second kappa shape index (κ2) is 12.4. The molecule has 0 spiro atoms. The number of guanidine groups is 1. The van der Waals surface area contributed by atoms with Crippen molar-refractivity contribution in [3.63, 3.8) is 0 Å². The molecule has 1 aromatic rings. The van der Waals surface area contributed by atoms with E-state index in [1.807, 2.05) is 0 Å². The Morgan fingerprint density at radius 2 is 1.80 bits per heavy atom. The molecule has 0 heterocycles. The molecule has 142 valence electrons. The average Bonchev–Trinajstić information content (AvgIpc) is 3.39. The lowest BCUT2D eigenvalue weighted by Gasteiger charge is -2.14. The Morgan fingerprint density at radius 1 is 1.12 bits per heavy atom. The van der Waals surface area contributed by atoms with Crippen LogP contribution in [0.1, 0.15) is 30.4 Å². The number of hydrogen-bond donors (Lipinski definition) is 2. The lowest BCUT2D eigenvalue weighted by molar-refractivity contribution is 0.123. The van der Waals surface area contributed by atoms with Gasteiger partial charge in [-0.15, -0.1) is 24.0 Å². The number of hydrogen-bond acceptors (Lipinski definition) is 3. The predicted molar refractivity (Wildman–Crippen MR) is 114 cm³/mol. The van der Waals surface area contributed by atoms with Gasteiger partial charge in [0, 0.05) is 26.8 Å². The average molecular weight is 461 g/mol. The Balaban J connectivity index is 0.00000312. The van der Waals surface area contributed by atoms with Gasteiger partial charge >= 0.3 is 0 Å². The number of benzene rings is 1. The molecule has 1 aliphatic rings. The van der Waals surface area contributed by atoms with Crippen LogP contribution in [0.2, 0.25) is 0 Å². The van der Waals surface area contributed by atoms with Crippen LogP contribution >= 0.6 is 24.0 Å². The van der Waals surface area contributed by atoms with E-state index >= 15 is 0 Å². The van der Waals surface area contributed by atoms with Gasteiger partial charge in [0.05, 0.1) is 6.54 Å². The zero-order valence-corrected chi connectivity index (χ0v) is 18.0. The summed E-state index contributed by atoms with van der Waals surface area (Å²) in [5, 5.41) is 6.57. The van der Waals surface area contributed by atoms with E-state index in [1.165, 1.54) is 24.0 Å². The molecule has 2 N–H and O–H groups in total. The van der Waals surface area contributed by atoms with Gasteiger partial charge in [0.25, 0.3) is 0 Å². The second-order valence-corrected chi connectivity index (χ2v) is 6.37. The summed E-state index contributed by atoms with van der Waals surface area (Å²) < 4.78 is 11.5. The molecular weight excluding hydrogens is 429 g/mol. The zero-order valence-electron chi connectivity index (χ0n) is 15.6. The Morgan fingerprint density at radius 3 is 2.44 bits per heavy atom. The van der Waals surface area contributed by atoms with E-state index in [-0.39, 0.29) is 24.0 Å². The number of para-hydroxylation sites is 1. The van der Waals surface area contributed by atoms with Gasteiger partial charge in [0.15, 0.2) is 5.96 Å². The van der Waals surface area contributed by atoms with Crippen molar-refractivity contribution in [3.05, 3.63) is 29.3 Å². The van der Waals surface area contributed by atoms with Crippen LogP contribution in [0.4, 0.5) is 0 Å². The lowest BCUT2D eigenvalue weighted by atomic mass is 10.1. The molecule has 1 aliphatic carbocycles. The quantitative estimate of drug-likeness (QED) is 0.243. The maximum absolute atomic E-state index is 5.88. The van der Waals surface area contributed by atoms with Gasteiger partial charge in [-0.1, -0.05) is 18.2 Å². The van der Waals surface area contributed by atoms with E-state index in [2.05, 4.69) is 47.7 Å². The monoisotopic (exact) mass is 461 g/mol. The first-order valence-electron chi connectivity index (χ1n) is 8.92. The molecule has 1 fully saturated rings. The van der Waals surface area contributed by atoms with E-state index in [9.17, 15) is 0 Å². The van der Waals surface area contributed by atoms with Crippen LogP contribution < -0.4 is 15.4 Å². The van der Waals surface area contributed by atoms with Gasteiger partial charge in [-0.05, 0) is 50.2 Å². The minimum atomic E-state index is 0. The molecule has 0 saturated heterocycles. The molecule has 25 heavy (non-hydrogen) atoms. The molecule has 2 rings (SSSR count). The number of halogens is 1. The van der Waals surface area contributed by atoms with Crippen molar-refractivity contribution in [2.75, 3.05) is 40.0 Å². The van der Waals surface area contributed by atoms with Crippen molar-refractivity contribution < 1.29 is 9.47 Å². The van der Waals surface area contributed by atoms with E-state index in [0.29, 0.717) is 13.2 Å². The molecule has 0 unspecified atom stereocenters. The van der Waals surface area contributed by atoms with Crippen LogP contribution in [0.25, 0.3) is 0 Å². The number of aliphatic imine (C=N–C) groups is 1. The molecule has 0 aliphatic heterocycles. The first-order valence-corrected chi connectivity index (χ1v) is 8.92. The van der Waals surface area contributed by atoms with Crippen molar-refractivity contribution in [1.82, 2.24) is 10.6 Å². The number of ether oxygens (including phenoxy) is 2. The standard InChI is InChI=1S/C19H31N3O2.HI/c1-15-6-4-7-16(2)18(15)24-13-11-22-19(20-3)21-10-5-12-23-14-17-8-9-17;/h4,6-7,17H,5,8-14H2,1-3H3,(H2,20,21,22);1H. The molecular formula is C19H32IN3O2. The van der Waals surface area contributed by atoms with E-state index in [4.69, 9.17) is 9.47 Å². The van der Waals surface area contributed by atoms with Gasteiger partial charge < -0.3 is 20.1 Å². The molecule has 0 amide bonds. The summed E-state index contributed by atoms with van der Waals surface area (Å²) in [5.41, 5.74) is 2.34. The summed E-state index contributed by atoms with van der Waals surface area (Å²) in [6.07, 6.45) is 3.68. The molecule has 0 atom stereocenters. The van der Waals surface area contributed by atoms with Gasteiger partial charge in [-0.25, -0.2) is 0 Å². The van der Waals surface area contributed by atoms with Gasteiger partial charge in [-0.2, -0.15) is 0 Å². The Hall–Kier alpha value is -1.02. The third-order valence-electron chi connectivity index (χ3n) is 4.08. The van der Waals surface area contributed by atoms with Crippen LogP contribution in [0.15, 0.2) is 23.2 Å². The summed E-state index contributed by atoms with van der Waals surface area (Å²) in [7, 11) is 1.78. The summed E-state index contributed by atoms with van der Waals surface area (Å²) in [6.45, 7) is 8.08. The van der Waals surface area contributed by atoms with Gasteiger partial charge in [0.1, 0.15) is 12.4 Å². The fourth-order valence-corrected chi connectivity index (χ4v) is 2.49. The molecule has 1 saturated carbocycles. The molecule has 0 aromatic heterocycles.